The van der Waals surface area contributed by atoms with Gasteiger partial charge in [-0.3, -0.25) is 4.79 Å². The van der Waals surface area contributed by atoms with Crippen molar-refractivity contribution in [1.82, 2.24) is 15.1 Å². The molecule has 2 atom stereocenters. The molecule has 2 N–H and O–H groups in total. The minimum Gasteiger partial charge on any atom is -0.497 e. The molecule has 0 spiro atoms. The van der Waals surface area contributed by atoms with E-state index in [1.165, 1.54) is 13.2 Å². The van der Waals surface area contributed by atoms with Crippen molar-refractivity contribution < 1.29 is 22.7 Å². The number of nitrogens with zero attached hydrogens (tertiary/aromatic N) is 2. The molecule has 168 valence electrons. The maximum Gasteiger partial charge on any atom is 0.410 e. The zero-order valence-corrected chi connectivity index (χ0v) is 17.7. The van der Waals surface area contributed by atoms with Gasteiger partial charge in [0.2, 0.25) is 0 Å². The second-order valence-corrected chi connectivity index (χ2v) is 7.80. The summed E-state index contributed by atoms with van der Waals surface area (Å²) in [4.78, 5) is 12.6. The summed E-state index contributed by atoms with van der Waals surface area (Å²) in [5.74, 6) is 0.150. The summed E-state index contributed by atoms with van der Waals surface area (Å²) >= 11 is 6.08. The molecule has 4 rings (SSSR count). The largest absolute Gasteiger partial charge is 0.497 e. The quantitative estimate of drug-likeness (QED) is 0.549. The monoisotopic (exact) mass is 464 g/mol. The number of methoxy groups -OCH3 is 1. The summed E-state index contributed by atoms with van der Waals surface area (Å²) in [6.45, 7) is 0.130. The maximum atomic E-state index is 13.8. The normalized spacial score (nSPS) is 17.9. The van der Waals surface area contributed by atoms with Crippen LogP contribution in [0.1, 0.15) is 40.1 Å². The second-order valence-electron chi connectivity index (χ2n) is 7.40. The molecule has 0 fully saturated rings. The lowest BCUT2D eigenvalue weighted by Gasteiger charge is -2.33. The highest BCUT2D eigenvalue weighted by molar-refractivity contribution is 6.31. The zero-order chi connectivity index (χ0) is 22.9. The number of anilines is 1. The molecule has 2 unspecified atom stereocenters. The number of aromatic nitrogens is 2. The van der Waals surface area contributed by atoms with Crippen LogP contribution in [-0.2, 0) is 6.54 Å². The van der Waals surface area contributed by atoms with Crippen molar-refractivity contribution in [2.45, 2.75) is 31.2 Å². The zero-order valence-electron chi connectivity index (χ0n) is 17.0. The molecular formula is C22H20ClF3N4O2. The topological polar surface area (TPSA) is 68.2 Å². The van der Waals surface area contributed by atoms with Crippen LogP contribution in [0.4, 0.5) is 19.0 Å². The van der Waals surface area contributed by atoms with Crippen molar-refractivity contribution >= 4 is 23.3 Å². The number of hydrogen-bond donors (Lipinski definition) is 2. The van der Waals surface area contributed by atoms with Crippen molar-refractivity contribution in [3.05, 3.63) is 76.4 Å². The minimum absolute atomic E-state index is 0.107. The molecular weight excluding hydrogens is 445 g/mol. The van der Waals surface area contributed by atoms with E-state index in [9.17, 15) is 18.0 Å². The van der Waals surface area contributed by atoms with Gasteiger partial charge in [0.1, 0.15) is 11.6 Å². The van der Waals surface area contributed by atoms with Crippen LogP contribution in [0.25, 0.3) is 0 Å². The highest BCUT2D eigenvalue weighted by atomic mass is 35.5. The van der Waals surface area contributed by atoms with Gasteiger partial charge in [0.25, 0.3) is 5.91 Å². The average molecular weight is 465 g/mol. The maximum absolute atomic E-state index is 13.8. The number of amides is 1. The highest BCUT2D eigenvalue weighted by Crippen LogP contribution is 2.43. The average Bonchev–Trinajstić information content (AvgIpc) is 3.21. The number of ether oxygens (including phenoxy) is 1. The molecule has 0 bridgehead atoms. The predicted octanol–water partition coefficient (Wildman–Crippen LogP) is 5.14. The molecule has 2 heterocycles. The molecule has 1 aliphatic rings. The van der Waals surface area contributed by atoms with Gasteiger partial charge in [-0.15, -0.1) is 0 Å². The van der Waals surface area contributed by atoms with Gasteiger partial charge in [0, 0.05) is 24.1 Å². The Morgan fingerprint density at radius 2 is 1.97 bits per heavy atom. The van der Waals surface area contributed by atoms with Crippen molar-refractivity contribution in [3.8, 4) is 5.75 Å². The summed E-state index contributed by atoms with van der Waals surface area (Å²) in [5.41, 5.74) is 1.26. The number of carbonyl (C=O) groups is 1. The molecule has 1 aromatic heterocycles. The number of alkyl halides is 3. The van der Waals surface area contributed by atoms with Gasteiger partial charge in [0.15, 0.2) is 11.7 Å². The summed E-state index contributed by atoms with van der Waals surface area (Å²) in [7, 11) is 1.52. The highest BCUT2D eigenvalue weighted by Gasteiger charge is 2.46. The van der Waals surface area contributed by atoms with Gasteiger partial charge < -0.3 is 15.4 Å². The van der Waals surface area contributed by atoms with Gasteiger partial charge in [-0.1, -0.05) is 41.9 Å². The Balaban J connectivity index is 1.57. The number of benzene rings is 2. The molecule has 32 heavy (non-hydrogen) atoms. The van der Waals surface area contributed by atoms with Crippen LogP contribution in [0, 0.1) is 0 Å². The fraction of sp³-hybridized carbons (Fsp3) is 0.273. The van der Waals surface area contributed by atoms with E-state index < -0.39 is 24.2 Å². The second kappa shape index (κ2) is 8.74. The first-order valence-electron chi connectivity index (χ1n) is 9.84. The van der Waals surface area contributed by atoms with E-state index in [0.717, 1.165) is 4.68 Å². The molecule has 10 heteroatoms. The molecule has 0 saturated heterocycles. The molecule has 3 aromatic rings. The molecule has 0 radical (unpaired) electrons. The van der Waals surface area contributed by atoms with E-state index in [0.29, 0.717) is 21.9 Å². The fourth-order valence-corrected chi connectivity index (χ4v) is 3.85. The number of nitrogens with one attached hydrogen (secondary N) is 2. The summed E-state index contributed by atoms with van der Waals surface area (Å²) < 4.78 is 47.4. The Bertz CT molecular complexity index is 1120. The van der Waals surface area contributed by atoms with Gasteiger partial charge in [-0.2, -0.15) is 18.3 Å². The van der Waals surface area contributed by atoms with Crippen LogP contribution in [0.3, 0.4) is 0 Å². The van der Waals surface area contributed by atoms with Crippen molar-refractivity contribution in [3.63, 3.8) is 0 Å². The molecule has 6 nitrogen and oxygen atoms in total. The Morgan fingerprint density at radius 3 is 2.62 bits per heavy atom. The number of fused-ring (bicyclic) bond motifs is 1. The van der Waals surface area contributed by atoms with Crippen LogP contribution in [0.15, 0.2) is 54.6 Å². The summed E-state index contributed by atoms with van der Waals surface area (Å²) in [6.07, 6.45) is -4.79. The van der Waals surface area contributed by atoms with Crippen molar-refractivity contribution in [1.29, 1.82) is 0 Å². The van der Waals surface area contributed by atoms with E-state index in [4.69, 9.17) is 16.3 Å². The van der Waals surface area contributed by atoms with Gasteiger partial charge in [0.05, 0.1) is 13.2 Å². The lowest BCUT2D eigenvalue weighted by molar-refractivity contribution is -0.173. The first-order valence-corrected chi connectivity index (χ1v) is 10.2. The molecule has 1 aliphatic heterocycles. The smallest absolute Gasteiger partial charge is 0.410 e. The van der Waals surface area contributed by atoms with Crippen LogP contribution in [-0.4, -0.2) is 29.0 Å². The van der Waals surface area contributed by atoms with Gasteiger partial charge >= 0.3 is 6.18 Å². The Morgan fingerprint density at radius 1 is 1.25 bits per heavy atom. The van der Waals surface area contributed by atoms with Crippen LogP contribution >= 0.6 is 11.6 Å². The number of rotatable bonds is 5. The summed E-state index contributed by atoms with van der Waals surface area (Å²) in [5, 5.41) is 10.2. The van der Waals surface area contributed by atoms with Crippen LogP contribution in [0.5, 0.6) is 5.75 Å². The standard InChI is InChI=1S/C22H20ClF3N4O2/c1-32-15-8-6-13(7-9-15)17-10-19(22(24,25)26)30-20(28-17)11-18(29-30)21(31)27-12-14-4-2-3-5-16(14)23/h2-9,11,17,19,28H,10,12H2,1H3,(H,27,31). The molecule has 0 aliphatic carbocycles. The van der Waals surface area contributed by atoms with Crippen LogP contribution < -0.4 is 15.4 Å². The first kappa shape index (κ1) is 22.0. The van der Waals surface area contributed by atoms with Crippen molar-refractivity contribution in [2.75, 3.05) is 12.4 Å². The third-order valence-electron chi connectivity index (χ3n) is 5.34. The third-order valence-corrected chi connectivity index (χ3v) is 5.71. The van der Waals surface area contributed by atoms with E-state index in [1.54, 1.807) is 48.5 Å². The molecule has 0 saturated carbocycles. The van der Waals surface area contributed by atoms with E-state index in [2.05, 4.69) is 15.7 Å². The summed E-state index contributed by atoms with van der Waals surface area (Å²) in [6, 6.07) is 12.7. The number of hydrogen-bond acceptors (Lipinski definition) is 4. The number of halogens is 4. The fourth-order valence-electron chi connectivity index (χ4n) is 3.65. The number of carbonyl (C=O) groups excluding carboxylic acids is 1. The third kappa shape index (κ3) is 4.52. The SMILES string of the molecule is COc1ccc(C2CC(C(F)(F)F)n3nc(C(=O)NCc4ccccc4Cl)cc3N2)cc1. The van der Waals surface area contributed by atoms with Crippen LogP contribution in [0.2, 0.25) is 5.02 Å². The minimum atomic E-state index is -4.53. The van der Waals surface area contributed by atoms with Crippen molar-refractivity contribution in [2.24, 2.45) is 0 Å². The predicted molar refractivity (Wildman–Crippen MR) is 114 cm³/mol. The van der Waals surface area contributed by atoms with E-state index in [1.807, 2.05) is 0 Å². The van der Waals surface area contributed by atoms with E-state index >= 15 is 0 Å². The Hall–Kier alpha value is -3.20. The molecule has 2 aromatic carbocycles. The lowest BCUT2D eigenvalue weighted by Crippen LogP contribution is -2.35. The van der Waals surface area contributed by atoms with Gasteiger partial charge in [-0.05, 0) is 29.3 Å². The Labute approximate surface area is 187 Å². The first-order chi connectivity index (χ1) is 15.3. The van der Waals surface area contributed by atoms with Gasteiger partial charge in [-0.25, -0.2) is 4.68 Å². The van der Waals surface area contributed by atoms with E-state index in [-0.39, 0.29) is 24.5 Å². The lowest BCUT2D eigenvalue weighted by atomic mass is 9.97. The Kier molecular flexibility index (Phi) is 6.01. The molecule has 1 amide bonds.